The number of carbonyl (C=O) groups excluding carboxylic acids is 1. The topological polar surface area (TPSA) is 81.2 Å². The summed E-state index contributed by atoms with van der Waals surface area (Å²) in [5.41, 5.74) is 8.03. The van der Waals surface area contributed by atoms with Crippen molar-refractivity contribution in [2.24, 2.45) is 5.73 Å². The molecule has 1 aromatic carbocycles. The van der Waals surface area contributed by atoms with E-state index in [1.54, 1.807) is 12.1 Å². The van der Waals surface area contributed by atoms with Crippen LogP contribution in [0.25, 0.3) is 0 Å². The quantitative estimate of drug-likeness (QED) is 0.798. The second-order valence-corrected chi connectivity index (χ2v) is 3.85. The maximum atomic E-state index is 12.1. The lowest BCUT2D eigenvalue weighted by Gasteiger charge is -2.07. The third-order valence-corrected chi connectivity index (χ3v) is 2.59. The summed E-state index contributed by atoms with van der Waals surface area (Å²) in [5.74, 6) is 5.49. The van der Waals surface area contributed by atoms with E-state index < -0.39 is 0 Å². The SMILES string of the molecule is Cc1c(C#CCN)cccc1C(=O)Nc1cnoc1. The third kappa shape index (κ3) is 3.00. The van der Waals surface area contributed by atoms with Crippen LogP contribution >= 0.6 is 0 Å². The van der Waals surface area contributed by atoms with Crippen molar-refractivity contribution in [1.82, 2.24) is 5.16 Å². The van der Waals surface area contributed by atoms with E-state index in [1.807, 2.05) is 13.0 Å². The van der Waals surface area contributed by atoms with E-state index in [0.717, 1.165) is 11.1 Å². The number of hydrogen-bond acceptors (Lipinski definition) is 4. The first kappa shape index (κ1) is 12.9. The monoisotopic (exact) mass is 255 g/mol. The molecule has 0 saturated carbocycles. The van der Waals surface area contributed by atoms with Crippen LogP contribution in [-0.2, 0) is 0 Å². The van der Waals surface area contributed by atoms with Gasteiger partial charge in [0.15, 0.2) is 0 Å². The van der Waals surface area contributed by atoms with E-state index in [2.05, 4.69) is 26.8 Å². The normalized spacial score (nSPS) is 9.58. The predicted molar refractivity (Wildman–Crippen MR) is 71.6 cm³/mol. The van der Waals surface area contributed by atoms with Gasteiger partial charge in [0, 0.05) is 11.1 Å². The average molecular weight is 255 g/mol. The fourth-order valence-electron chi connectivity index (χ4n) is 1.63. The average Bonchev–Trinajstić information content (AvgIpc) is 2.90. The summed E-state index contributed by atoms with van der Waals surface area (Å²) in [5, 5.41) is 6.22. The summed E-state index contributed by atoms with van der Waals surface area (Å²) in [6.45, 7) is 2.14. The van der Waals surface area contributed by atoms with Crippen molar-refractivity contribution in [3.05, 3.63) is 47.3 Å². The second kappa shape index (κ2) is 5.85. The molecule has 0 saturated heterocycles. The Hall–Kier alpha value is -2.58. The van der Waals surface area contributed by atoms with Crippen LogP contribution in [-0.4, -0.2) is 17.6 Å². The van der Waals surface area contributed by atoms with Gasteiger partial charge in [-0.2, -0.15) is 0 Å². The molecule has 0 fully saturated rings. The number of amides is 1. The van der Waals surface area contributed by atoms with E-state index in [1.165, 1.54) is 12.5 Å². The van der Waals surface area contributed by atoms with Crippen LogP contribution in [0, 0.1) is 18.8 Å². The van der Waals surface area contributed by atoms with Crippen molar-refractivity contribution in [2.45, 2.75) is 6.92 Å². The lowest BCUT2D eigenvalue weighted by atomic mass is 10.0. The highest BCUT2D eigenvalue weighted by atomic mass is 16.5. The van der Waals surface area contributed by atoms with Gasteiger partial charge in [0.25, 0.3) is 5.91 Å². The van der Waals surface area contributed by atoms with Crippen molar-refractivity contribution in [1.29, 1.82) is 0 Å². The number of nitrogens with one attached hydrogen (secondary N) is 1. The molecular weight excluding hydrogens is 242 g/mol. The van der Waals surface area contributed by atoms with Gasteiger partial charge in [-0.1, -0.05) is 23.1 Å². The van der Waals surface area contributed by atoms with E-state index >= 15 is 0 Å². The van der Waals surface area contributed by atoms with Crippen molar-refractivity contribution >= 4 is 11.6 Å². The number of aromatic nitrogens is 1. The first-order valence-electron chi connectivity index (χ1n) is 5.71. The maximum Gasteiger partial charge on any atom is 0.256 e. The van der Waals surface area contributed by atoms with Gasteiger partial charge in [-0.25, -0.2) is 0 Å². The van der Waals surface area contributed by atoms with Gasteiger partial charge in [0.05, 0.1) is 12.7 Å². The van der Waals surface area contributed by atoms with Crippen LogP contribution < -0.4 is 11.1 Å². The number of nitrogens with two attached hydrogens (primary N) is 1. The summed E-state index contributed by atoms with van der Waals surface area (Å²) in [7, 11) is 0. The molecular formula is C14H13N3O2. The molecule has 0 aliphatic carbocycles. The fourth-order valence-corrected chi connectivity index (χ4v) is 1.63. The Bertz CT molecular complexity index is 636. The standard InChI is InChI=1S/C14H13N3O2/c1-10-11(5-3-7-15)4-2-6-13(10)14(18)17-12-8-16-19-9-12/h2,4,6,8-9H,7,15H2,1H3,(H,17,18). The highest BCUT2D eigenvalue weighted by Crippen LogP contribution is 2.15. The van der Waals surface area contributed by atoms with Crippen molar-refractivity contribution in [3.63, 3.8) is 0 Å². The van der Waals surface area contributed by atoms with Crippen LogP contribution in [0.1, 0.15) is 21.5 Å². The predicted octanol–water partition coefficient (Wildman–Crippen LogP) is 1.55. The number of anilines is 1. The lowest BCUT2D eigenvalue weighted by Crippen LogP contribution is -2.13. The summed E-state index contributed by atoms with van der Waals surface area (Å²) in [4.78, 5) is 12.1. The van der Waals surface area contributed by atoms with Crippen LogP contribution in [0.15, 0.2) is 35.2 Å². The molecule has 0 atom stereocenters. The van der Waals surface area contributed by atoms with E-state index in [9.17, 15) is 4.79 Å². The summed E-state index contributed by atoms with van der Waals surface area (Å²) >= 11 is 0. The zero-order valence-corrected chi connectivity index (χ0v) is 10.4. The fraction of sp³-hybridized carbons (Fsp3) is 0.143. The van der Waals surface area contributed by atoms with Crippen molar-refractivity contribution in [2.75, 3.05) is 11.9 Å². The largest absolute Gasteiger partial charge is 0.363 e. The Morgan fingerprint density at radius 1 is 1.53 bits per heavy atom. The Labute approximate surface area is 110 Å². The molecule has 5 nitrogen and oxygen atoms in total. The van der Waals surface area contributed by atoms with Gasteiger partial charge >= 0.3 is 0 Å². The molecule has 0 unspecified atom stereocenters. The Balaban J connectivity index is 2.27. The summed E-state index contributed by atoms with van der Waals surface area (Å²) < 4.78 is 4.66. The molecule has 0 aliphatic heterocycles. The number of carbonyl (C=O) groups is 1. The third-order valence-electron chi connectivity index (χ3n) is 2.59. The van der Waals surface area contributed by atoms with Gasteiger partial charge < -0.3 is 15.6 Å². The number of nitrogens with zero attached hydrogens (tertiary/aromatic N) is 1. The highest BCUT2D eigenvalue weighted by Gasteiger charge is 2.11. The highest BCUT2D eigenvalue weighted by molar-refractivity contribution is 6.05. The Morgan fingerprint density at radius 2 is 2.37 bits per heavy atom. The van der Waals surface area contributed by atoms with Gasteiger partial charge in [0.1, 0.15) is 12.0 Å². The molecule has 3 N–H and O–H groups in total. The number of rotatable bonds is 2. The summed E-state index contributed by atoms with van der Waals surface area (Å²) in [6, 6.07) is 5.38. The van der Waals surface area contributed by atoms with Gasteiger partial charge in [0.2, 0.25) is 0 Å². The van der Waals surface area contributed by atoms with Crippen LogP contribution in [0.5, 0.6) is 0 Å². The molecule has 2 aromatic rings. The van der Waals surface area contributed by atoms with E-state index in [-0.39, 0.29) is 12.5 Å². The molecule has 1 amide bonds. The molecule has 0 radical (unpaired) electrons. The molecule has 0 spiro atoms. The van der Waals surface area contributed by atoms with Crippen LogP contribution in [0.4, 0.5) is 5.69 Å². The number of benzene rings is 1. The minimum atomic E-state index is -0.225. The molecule has 2 rings (SSSR count). The second-order valence-electron chi connectivity index (χ2n) is 3.85. The number of hydrogen-bond donors (Lipinski definition) is 2. The molecule has 0 bridgehead atoms. The molecule has 1 heterocycles. The first-order chi connectivity index (χ1) is 9.22. The minimum absolute atomic E-state index is 0.225. The minimum Gasteiger partial charge on any atom is -0.363 e. The maximum absolute atomic E-state index is 12.1. The molecule has 1 aromatic heterocycles. The molecule has 96 valence electrons. The van der Waals surface area contributed by atoms with E-state index in [4.69, 9.17) is 5.73 Å². The van der Waals surface area contributed by atoms with Gasteiger partial charge in [-0.05, 0) is 24.6 Å². The first-order valence-corrected chi connectivity index (χ1v) is 5.71. The van der Waals surface area contributed by atoms with Crippen molar-refractivity contribution < 1.29 is 9.32 Å². The Kier molecular flexibility index (Phi) is 3.96. The van der Waals surface area contributed by atoms with Crippen molar-refractivity contribution in [3.8, 4) is 11.8 Å². The summed E-state index contributed by atoms with van der Waals surface area (Å²) in [6.07, 6.45) is 2.80. The molecule has 5 heteroatoms. The smallest absolute Gasteiger partial charge is 0.256 e. The molecule has 19 heavy (non-hydrogen) atoms. The van der Waals surface area contributed by atoms with Crippen LogP contribution in [0.3, 0.4) is 0 Å². The van der Waals surface area contributed by atoms with Gasteiger partial charge in [-0.15, -0.1) is 0 Å². The van der Waals surface area contributed by atoms with Crippen LogP contribution in [0.2, 0.25) is 0 Å². The van der Waals surface area contributed by atoms with Gasteiger partial charge in [-0.3, -0.25) is 4.79 Å². The zero-order valence-electron chi connectivity index (χ0n) is 10.4. The zero-order chi connectivity index (χ0) is 13.7. The lowest BCUT2D eigenvalue weighted by molar-refractivity contribution is 0.102. The van der Waals surface area contributed by atoms with E-state index in [0.29, 0.717) is 11.3 Å². The molecule has 0 aliphatic rings. The Morgan fingerprint density at radius 3 is 3.05 bits per heavy atom.